The quantitative estimate of drug-likeness (QED) is 0.702. The zero-order chi connectivity index (χ0) is 20.7. The summed E-state index contributed by atoms with van der Waals surface area (Å²) in [6.45, 7) is 5.54. The summed E-state index contributed by atoms with van der Waals surface area (Å²) in [6.07, 6.45) is 3.12. The molecule has 2 N–H and O–H groups in total. The molecule has 2 rings (SSSR count). The molecule has 2 aromatic rings. The number of carbonyl (C=O) groups is 2. The molecule has 2 amide bonds. The predicted molar refractivity (Wildman–Crippen MR) is 112 cm³/mol. The molecule has 148 valence electrons. The fourth-order valence-electron chi connectivity index (χ4n) is 2.39. The van der Waals surface area contributed by atoms with E-state index in [9.17, 15) is 9.59 Å². The van der Waals surface area contributed by atoms with E-state index in [-0.39, 0.29) is 17.7 Å². The van der Waals surface area contributed by atoms with E-state index in [0.717, 1.165) is 11.1 Å². The molecule has 0 bridgehead atoms. The van der Waals surface area contributed by atoms with Gasteiger partial charge in [-0.2, -0.15) is 0 Å². The molecule has 0 spiro atoms. The molecule has 0 aromatic heterocycles. The minimum Gasteiger partial charge on any atom is -0.497 e. The number of anilines is 2. The fraction of sp³-hybridized carbons (Fsp3) is 0.273. The van der Waals surface area contributed by atoms with Crippen LogP contribution in [0.15, 0.2) is 42.5 Å². The van der Waals surface area contributed by atoms with Crippen LogP contribution < -0.4 is 20.1 Å². The lowest BCUT2D eigenvalue weighted by atomic mass is 10.1. The maximum atomic E-state index is 12.3. The molecule has 0 aliphatic carbocycles. The third-order valence-electron chi connectivity index (χ3n) is 4.09. The standard InChI is InChI=1S/C22H26N2O4/c1-14(2)22(26)23-17-8-6-15(3)20(12-17)24-21(25)9-7-16-10-18(27-4)13-19(11-16)28-5/h6-14H,1-5H3,(H,23,26)(H,24,25)/b9-7+. The van der Waals surface area contributed by atoms with Crippen molar-refractivity contribution in [2.75, 3.05) is 24.9 Å². The van der Waals surface area contributed by atoms with Crippen LogP contribution in [-0.4, -0.2) is 26.0 Å². The topological polar surface area (TPSA) is 76.7 Å². The van der Waals surface area contributed by atoms with Crippen LogP contribution in [0.1, 0.15) is 25.0 Å². The Labute approximate surface area is 165 Å². The molecule has 0 aliphatic rings. The lowest BCUT2D eigenvalue weighted by Crippen LogP contribution is -2.18. The van der Waals surface area contributed by atoms with Crippen LogP contribution in [0.2, 0.25) is 0 Å². The average Bonchev–Trinajstić information content (AvgIpc) is 2.68. The van der Waals surface area contributed by atoms with Crippen molar-refractivity contribution in [3.05, 3.63) is 53.6 Å². The lowest BCUT2D eigenvalue weighted by molar-refractivity contribution is -0.119. The van der Waals surface area contributed by atoms with E-state index in [1.165, 1.54) is 6.08 Å². The lowest BCUT2D eigenvalue weighted by Gasteiger charge is -2.12. The van der Waals surface area contributed by atoms with Gasteiger partial charge in [0.15, 0.2) is 0 Å². The van der Waals surface area contributed by atoms with Crippen LogP contribution in [0.3, 0.4) is 0 Å². The summed E-state index contributed by atoms with van der Waals surface area (Å²) < 4.78 is 10.5. The number of carbonyl (C=O) groups excluding carboxylic acids is 2. The molecule has 6 nitrogen and oxygen atoms in total. The van der Waals surface area contributed by atoms with Crippen molar-refractivity contribution in [1.82, 2.24) is 0 Å². The number of nitrogens with one attached hydrogen (secondary N) is 2. The van der Waals surface area contributed by atoms with E-state index in [4.69, 9.17) is 9.47 Å². The second kappa shape index (κ2) is 9.60. The number of methoxy groups -OCH3 is 2. The van der Waals surface area contributed by atoms with Gasteiger partial charge in [0.25, 0.3) is 0 Å². The molecule has 0 saturated carbocycles. The first kappa shape index (κ1) is 21.0. The molecular formula is C22H26N2O4. The molecule has 0 radical (unpaired) electrons. The van der Waals surface area contributed by atoms with E-state index in [2.05, 4.69) is 10.6 Å². The summed E-state index contributed by atoms with van der Waals surface area (Å²) in [7, 11) is 3.14. The van der Waals surface area contributed by atoms with E-state index >= 15 is 0 Å². The zero-order valence-corrected chi connectivity index (χ0v) is 16.8. The number of ether oxygens (including phenoxy) is 2. The Bertz CT molecular complexity index is 866. The van der Waals surface area contributed by atoms with Crippen LogP contribution in [-0.2, 0) is 9.59 Å². The van der Waals surface area contributed by atoms with E-state index < -0.39 is 0 Å². The Morgan fingerprint density at radius 1 is 0.964 bits per heavy atom. The maximum absolute atomic E-state index is 12.3. The molecule has 0 aliphatic heterocycles. The summed E-state index contributed by atoms with van der Waals surface area (Å²) in [5.41, 5.74) is 2.95. The first-order valence-electron chi connectivity index (χ1n) is 8.96. The van der Waals surface area contributed by atoms with Gasteiger partial charge in [-0.3, -0.25) is 9.59 Å². The molecule has 6 heteroatoms. The predicted octanol–water partition coefficient (Wildman–Crippen LogP) is 4.26. The molecule has 28 heavy (non-hydrogen) atoms. The minimum absolute atomic E-state index is 0.0759. The van der Waals surface area contributed by atoms with Gasteiger partial charge in [0.05, 0.1) is 14.2 Å². The zero-order valence-electron chi connectivity index (χ0n) is 16.8. The largest absolute Gasteiger partial charge is 0.497 e. The third-order valence-corrected chi connectivity index (χ3v) is 4.09. The summed E-state index contributed by atoms with van der Waals surface area (Å²) in [4.78, 5) is 24.2. The summed E-state index contributed by atoms with van der Waals surface area (Å²) in [5.74, 6) is 0.806. The van der Waals surface area contributed by atoms with Gasteiger partial charge < -0.3 is 20.1 Å². The van der Waals surface area contributed by atoms with Crippen molar-refractivity contribution in [1.29, 1.82) is 0 Å². The number of amides is 2. The monoisotopic (exact) mass is 382 g/mol. The first-order valence-corrected chi connectivity index (χ1v) is 8.96. The summed E-state index contributed by atoms with van der Waals surface area (Å²) in [5, 5.41) is 5.67. The second-order valence-electron chi connectivity index (χ2n) is 6.64. The van der Waals surface area contributed by atoms with Gasteiger partial charge in [0, 0.05) is 29.4 Å². The highest BCUT2D eigenvalue weighted by Gasteiger charge is 2.09. The van der Waals surface area contributed by atoms with E-state index in [1.54, 1.807) is 44.6 Å². The number of benzene rings is 2. The Balaban J connectivity index is 2.12. The van der Waals surface area contributed by atoms with Crippen LogP contribution in [0.25, 0.3) is 6.08 Å². The smallest absolute Gasteiger partial charge is 0.248 e. The number of aryl methyl sites for hydroxylation is 1. The molecule has 0 heterocycles. The Kier molecular flexibility index (Phi) is 7.21. The van der Waals surface area contributed by atoms with Crippen molar-refractivity contribution in [3.63, 3.8) is 0 Å². The number of hydrogen-bond acceptors (Lipinski definition) is 4. The van der Waals surface area contributed by atoms with Crippen molar-refractivity contribution in [2.45, 2.75) is 20.8 Å². The first-order chi connectivity index (χ1) is 13.3. The Morgan fingerprint density at radius 3 is 2.18 bits per heavy atom. The van der Waals surface area contributed by atoms with Crippen LogP contribution in [0.4, 0.5) is 11.4 Å². The van der Waals surface area contributed by atoms with Gasteiger partial charge in [-0.05, 0) is 48.4 Å². The normalized spacial score (nSPS) is 10.8. The van der Waals surface area contributed by atoms with Crippen molar-refractivity contribution in [3.8, 4) is 11.5 Å². The van der Waals surface area contributed by atoms with Crippen LogP contribution in [0.5, 0.6) is 11.5 Å². The van der Waals surface area contributed by atoms with E-state index in [0.29, 0.717) is 22.9 Å². The average molecular weight is 382 g/mol. The van der Waals surface area contributed by atoms with Gasteiger partial charge >= 0.3 is 0 Å². The second-order valence-corrected chi connectivity index (χ2v) is 6.64. The van der Waals surface area contributed by atoms with Crippen molar-refractivity contribution >= 4 is 29.3 Å². The van der Waals surface area contributed by atoms with Gasteiger partial charge in [0.2, 0.25) is 11.8 Å². The SMILES string of the molecule is COc1cc(/C=C/C(=O)Nc2cc(NC(=O)C(C)C)ccc2C)cc(OC)c1. The van der Waals surface area contributed by atoms with Crippen LogP contribution >= 0.6 is 0 Å². The van der Waals surface area contributed by atoms with E-state index in [1.807, 2.05) is 32.9 Å². The molecular weight excluding hydrogens is 356 g/mol. The molecule has 0 saturated heterocycles. The summed E-state index contributed by atoms with van der Waals surface area (Å²) >= 11 is 0. The van der Waals surface area contributed by atoms with Crippen molar-refractivity contribution < 1.29 is 19.1 Å². The summed E-state index contributed by atoms with van der Waals surface area (Å²) in [6, 6.07) is 10.8. The minimum atomic E-state index is -0.280. The Morgan fingerprint density at radius 2 is 1.61 bits per heavy atom. The van der Waals surface area contributed by atoms with Gasteiger partial charge in [0.1, 0.15) is 11.5 Å². The highest BCUT2D eigenvalue weighted by Crippen LogP contribution is 2.24. The maximum Gasteiger partial charge on any atom is 0.248 e. The van der Waals surface area contributed by atoms with Gasteiger partial charge in [-0.1, -0.05) is 19.9 Å². The number of hydrogen-bond donors (Lipinski definition) is 2. The molecule has 0 atom stereocenters. The fourth-order valence-corrected chi connectivity index (χ4v) is 2.39. The highest BCUT2D eigenvalue weighted by molar-refractivity contribution is 6.03. The molecule has 0 unspecified atom stereocenters. The third kappa shape index (κ3) is 5.87. The van der Waals surface area contributed by atoms with Gasteiger partial charge in [-0.25, -0.2) is 0 Å². The van der Waals surface area contributed by atoms with Crippen molar-refractivity contribution in [2.24, 2.45) is 5.92 Å². The van der Waals surface area contributed by atoms with Gasteiger partial charge in [-0.15, -0.1) is 0 Å². The highest BCUT2D eigenvalue weighted by atomic mass is 16.5. The Hall–Kier alpha value is -3.28. The number of rotatable bonds is 7. The van der Waals surface area contributed by atoms with Crippen LogP contribution in [0, 0.1) is 12.8 Å². The molecule has 0 fully saturated rings. The molecule has 2 aromatic carbocycles.